The van der Waals surface area contributed by atoms with Crippen molar-refractivity contribution in [3.8, 4) is 6.01 Å². The Labute approximate surface area is 159 Å². The number of benzene rings is 1. The zero-order valence-corrected chi connectivity index (χ0v) is 15.7. The molecule has 0 unspecified atom stereocenters. The zero-order chi connectivity index (χ0) is 20.0. The fourth-order valence-corrected chi connectivity index (χ4v) is 3.12. The third-order valence-electron chi connectivity index (χ3n) is 2.89. The number of sulfonamides is 1. The summed E-state index contributed by atoms with van der Waals surface area (Å²) in [5.74, 6) is -1.17. The molecule has 2 N–H and O–H groups in total. The molecule has 2 aromatic rings. The summed E-state index contributed by atoms with van der Waals surface area (Å²) in [6.45, 7) is 1.64. The smallest absolute Gasteiger partial charge is 0.339 e. The summed E-state index contributed by atoms with van der Waals surface area (Å²) in [4.78, 5) is 34.4. The molecule has 0 bridgehead atoms. The van der Waals surface area contributed by atoms with Crippen LogP contribution in [-0.4, -0.2) is 49.1 Å². The number of urea groups is 1. The van der Waals surface area contributed by atoms with Gasteiger partial charge in [-0.1, -0.05) is 12.1 Å². The number of methoxy groups -OCH3 is 1. The van der Waals surface area contributed by atoms with Crippen LogP contribution in [0.5, 0.6) is 6.01 Å². The van der Waals surface area contributed by atoms with Gasteiger partial charge in [-0.25, -0.2) is 22.7 Å². The van der Waals surface area contributed by atoms with Crippen molar-refractivity contribution in [2.24, 2.45) is 0 Å². The Morgan fingerprint density at radius 1 is 1.19 bits per heavy atom. The SMILES string of the molecule is CCOC(=O)c1ccccc1S(=O)(=O)NC(=O)Nc1nc(Cl)nc(OC)n1. The monoisotopic (exact) mass is 415 g/mol. The van der Waals surface area contributed by atoms with E-state index in [4.69, 9.17) is 21.1 Å². The van der Waals surface area contributed by atoms with Gasteiger partial charge in [0.25, 0.3) is 10.0 Å². The summed E-state index contributed by atoms with van der Waals surface area (Å²) < 4.78 is 36.3. The van der Waals surface area contributed by atoms with Gasteiger partial charge in [0.15, 0.2) is 0 Å². The number of halogens is 1. The van der Waals surface area contributed by atoms with Crippen LogP contribution >= 0.6 is 11.6 Å². The number of anilines is 1. The number of aromatic nitrogens is 3. The number of hydrogen-bond acceptors (Lipinski definition) is 9. The first-order valence-corrected chi connectivity index (χ1v) is 9.18. The van der Waals surface area contributed by atoms with Crippen LogP contribution in [0.4, 0.5) is 10.7 Å². The Hall–Kier alpha value is -2.99. The molecule has 1 aromatic carbocycles. The van der Waals surface area contributed by atoms with E-state index in [1.807, 2.05) is 0 Å². The standard InChI is InChI=1S/C14H14ClN5O6S/c1-3-26-10(21)8-6-4-5-7-9(8)27(23,24)20-13(22)18-12-16-11(15)17-14(19-12)25-2/h4-7H,3H2,1-2H3,(H2,16,17,18,19,20,22). The van der Waals surface area contributed by atoms with Crippen molar-refractivity contribution >= 4 is 39.6 Å². The summed E-state index contributed by atoms with van der Waals surface area (Å²) in [6, 6.07) is 3.92. The average molecular weight is 416 g/mol. The zero-order valence-electron chi connectivity index (χ0n) is 14.1. The maximum Gasteiger partial charge on any atom is 0.339 e. The molecule has 0 aliphatic carbocycles. The lowest BCUT2D eigenvalue weighted by Gasteiger charge is -2.11. The summed E-state index contributed by atoms with van der Waals surface area (Å²) in [6.07, 6.45) is 0. The molecule has 0 saturated heterocycles. The number of nitrogens with zero attached hydrogens (tertiary/aromatic N) is 3. The van der Waals surface area contributed by atoms with Gasteiger partial charge in [0.1, 0.15) is 4.90 Å². The number of hydrogen-bond donors (Lipinski definition) is 2. The van der Waals surface area contributed by atoms with E-state index in [0.717, 1.165) is 6.07 Å². The van der Waals surface area contributed by atoms with Crippen LogP contribution in [0.25, 0.3) is 0 Å². The Bertz CT molecular complexity index is 968. The molecule has 144 valence electrons. The molecule has 0 fully saturated rings. The van der Waals surface area contributed by atoms with Crippen molar-refractivity contribution in [3.05, 3.63) is 35.1 Å². The number of carbonyl (C=O) groups is 2. The molecule has 1 aromatic heterocycles. The van der Waals surface area contributed by atoms with E-state index in [-0.39, 0.29) is 29.4 Å². The molecule has 0 atom stereocenters. The molecule has 0 spiro atoms. The summed E-state index contributed by atoms with van der Waals surface area (Å²) >= 11 is 5.64. The van der Waals surface area contributed by atoms with Crippen LogP contribution in [0, 0.1) is 0 Å². The fraction of sp³-hybridized carbons (Fsp3) is 0.214. The van der Waals surface area contributed by atoms with E-state index in [1.165, 1.54) is 25.3 Å². The molecular formula is C14H14ClN5O6S. The minimum Gasteiger partial charge on any atom is -0.467 e. The van der Waals surface area contributed by atoms with Gasteiger partial charge in [-0.3, -0.25) is 5.32 Å². The Balaban J connectivity index is 2.23. The van der Waals surface area contributed by atoms with Gasteiger partial charge < -0.3 is 9.47 Å². The van der Waals surface area contributed by atoms with Crippen LogP contribution < -0.4 is 14.8 Å². The number of carbonyl (C=O) groups excluding carboxylic acids is 2. The second-order valence-electron chi connectivity index (χ2n) is 4.69. The number of amides is 2. The maximum atomic E-state index is 12.5. The van der Waals surface area contributed by atoms with E-state index in [2.05, 4.69) is 20.3 Å². The number of ether oxygens (including phenoxy) is 2. The predicted molar refractivity (Wildman–Crippen MR) is 93.1 cm³/mol. The number of nitrogens with one attached hydrogen (secondary N) is 2. The highest BCUT2D eigenvalue weighted by Gasteiger charge is 2.25. The van der Waals surface area contributed by atoms with Gasteiger partial charge in [0, 0.05) is 0 Å². The van der Waals surface area contributed by atoms with E-state index in [1.54, 1.807) is 11.6 Å². The lowest BCUT2D eigenvalue weighted by atomic mass is 10.2. The predicted octanol–water partition coefficient (Wildman–Crippen LogP) is 1.22. The van der Waals surface area contributed by atoms with Crippen molar-refractivity contribution in [2.45, 2.75) is 11.8 Å². The molecule has 0 aliphatic rings. The molecule has 2 rings (SSSR count). The van der Waals surface area contributed by atoms with Crippen molar-refractivity contribution < 1.29 is 27.5 Å². The molecule has 0 radical (unpaired) electrons. The fourth-order valence-electron chi connectivity index (χ4n) is 1.86. The van der Waals surface area contributed by atoms with Gasteiger partial charge in [0.2, 0.25) is 11.2 Å². The van der Waals surface area contributed by atoms with Gasteiger partial charge in [0.05, 0.1) is 19.3 Å². The Morgan fingerprint density at radius 2 is 1.89 bits per heavy atom. The molecule has 13 heteroatoms. The van der Waals surface area contributed by atoms with Gasteiger partial charge in [-0.05, 0) is 30.7 Å². The van der Waals surface area contributed by atoms with E-state index in [9.17, 15) is 18.0 Å². The summed E-state index contributed by atoms with van der Waals surface area (Å²) in [5.41, 5.74) is -0.218. The third-order valence-corrected chi connectivity index (χ3v) is 4.45. The van der Waals surface area contributed by atoms with Gasteiger partial charge in [-0.2, -0.15) is 15.0 Å². The van der Waals surface area contributed by atoms with Crippen molar-refractivity contribution in [3.63, 3.8) is 0 Å². The lowest BCUT2D eigenvalue weighted by Crippen LogP contribution is -2.35. The van der Waals surface area contributed by atoms with Crippen LogP contribution in [0.3, 0.4) is 0 Å². The molecular weight excluding hydrogens is 402 g/mol. The normalized spacial score (nSPS) is 10.8. The Kier molecular flexibility index (Phi) is 6.47. The first-order chi connectivity index (χ1) is 12.8. The van der Waals surface area contributed by atoms with Crippen molar-refractivity contribution in [2.75, 3.05) is 19.0 Å². The quantitative estimate of drug-likeness (QED) is 0.663. The second kappa shape index (κ2) is 8.60. The number of rotatable bonds is 6. The molecule has 2 amide bonds. The summed E-state index contributed by atoms with van der Waals surface area (Å²) in [5, 5.41) is 1.81. The highest BCUT2D eigenvalue weighted by Crippen LogP contribution is 2.17. The van der Waals surface area contributed by atoms with Crippen LogP contribution in [0.2, 0.25) is 5.28 Å². The van der Waals surface area contributed by atoms with Gasteiger partial charge >= 0.3 is 18.0 Å². The molecule has 0 saturated carbocycles. The van der Waals surface area contributed by atoms with Gasteiger partial charge in [-0.15, -0.1) is 0 Å². The average Bonchev–Trinajstić information content (AvgIpc) is 2.60. The molecule has 1 heterocycles. The first kappa shape index (κ1) is 20.3. The van der Waals surface area contributed by atoms with Crippen LogP contribution in [0.15, 0.2) is 29.2 Å². The first-order valence-electron chi connectivity index (χ1n) is 7.32. The highest BCUT2D eigenvalue weighted by molar-refractivity contribution is 7.90. The molecule has 27 heavy (non-hydrogen) atoms. The largest absolute Gasteiger partial charge is 0.467 e. The molecule has 0 aliphatic heterocycles. The maximum absolute atomic E-state index is 12.5. The second-order valence-corrected chi connectivity index (χ2v) is 6.68. The molecule has 11 nitrogen and oxygen atoms in total. The van der Waals surface area contributed by atoms with Crippen LogP contribution in [-0.2, 0) is 14.8 Å². The van der Waals surface area contributed by atoms with E-state index in [0.29, 0.717) is 0 Å². The van der Waals surface area contributed by atoms with E-state index < -0.39 is 26.9 Å². The Morgan fingerprint density at radius 3 is 2.56 bits per heavy atom. The summed E-state index contributed by atoms with van der Waals surface area (Å²) in [7, 11) is -3.13. The number of esters is 1. The third kappa shape index (κ3) is 5.24. The lowest BCUT2D eigenvalue weighted by molar-refractivity contribution is 0.0521. The van der Waals surface area contributed by atoms with Crippen LogP contribution in [0.1, 0.15) is 17.3 Å². The topological polar surface area (TPSA) is 149 Å². The van der Waals surface area contributed by atoms with Crippen molar-refractivity contribution in [1.29, 1.82) is 0 Å². The van der Waals surface area contributed by atoms with E-state index >= 15 is 0 Å². The highest BCUT2D eigenvalue weighted by atomic mass is 35.5. The minimum atomic E-state index is -4.40. The van der Waals surface area contributed by atoms with Crippen molar-refractivity contribution in [1.82, 2.24) is 19.7 Å². The minimum absolute atomic E-state index is 0.0586.